The Hall–Kier alpha value is -2.89. The van der Waals surface area contributed by atoms with Crippen LogP contribution in [0.3, 0.4) is 0 Å². The number of rotatable bonds is 6. The van der Waals surface area contributed by atoms with Crippen molar-refractivity contribution in [1.29, 1.82) is 0 Å². The van der Waals surface area contributed by atoms with Crippen molar-refractivity contribution in [3.63, 3.8) is 0 Å². The number of nitrogens with zero attached hydrogens (tertiary/aromatic N) is 5. The minimum atomic E-state index is -3.79. The third-order valence-corrected chi connectivity index (χ3v) is 5.43. The molecule has 0 amide bonds. The van der Waals surface area contributed by atoms with E-state index in [4.69, 9.17) is 10.8 Å². The highest BCUT2D eigenvalue weighted by Crippen LogP contribution is 2.26. The van der Waals surface area contributed by atoms with E-state index in [0.717, 1.165) is 5.56 Å². The number of hydrogen-bond acceptors (Lipinski definition) is 8. The second-order valence-corrected chi connectivity index (χ2v) is 7.70. The smallest absolute Gasteiger partial charge is 0.240 e. The van der Waals surface area contributed by atoms with Crippen LogP contribution in [-0.4, -0.2) is 50.9 Å². The second kappa shape index (κ2) is 7.39. The van der Waals surface area contributed by atoms with Gasteiger partial charge in [-0.2, -0.15) is 9.78 Å². The lowest BCUT2D eigenvalue weighted by atomic mass is 10.1. The maximum atomic E-state index is 12.5. The van der Waals surface area contributed by atoms with Crippen LogP contribution in [0.15, 0.2) is 41.9 Å². The number of aromatic nitrogens is 5. The molecule has 10 nitrogen and oxygen atoms in total. The zero-order valence-corrected chi connectivity index (χ0v) is 15.6. The highest BCUT2D eigenvalue weighted by molar-refractivity contribution is 7.89. The Kier molecular flexibility index (Phi) is 5.17. The molecule has 3 aromatic rings. The van der Waals surface area contributed by atoms with Crippen molar-refractivity contribution >= 4 is 15.8 Å². The van der Waals surface area contributed by atoms with E-state index in [2.05, 4.69) is 24.8 Å². The predicted molar refractivity (Wildman–Crippen MR) is 98.4 cm³/mol. The molecule has 0 saturated carbocycles. The van der Waals surface area contributed by atoms with Crippen molar-refractivity contribution in [3.8, 4) is 17.1 Å². The van der Waals surface area contributed by atoms with Gasteiger partial charge in [0.1, 0.15) is 12.7 Å². The maximum absolute atomic E-state index is 12.5. The van der Waals surface area contributed by atoms with Crippen LogP contribution >= 0.6 is 0 Å². The number of aliphatic hydroxyl groups is 1. The van der Waals surface area contributed by atoms with Crippen molar-refractivity contribution in [1.82, 2.24) is 29.5 Å². The monoisotopic (exact) mass is 389 g/mol. The summed E-state index contributed by atoms with van der Waals surface area (Å²) in [5.41, 5.74) is 7.72. The Morgan fingerprint density at radius 1 is 1.37 bits per heavy atom. The van der Waals surface area contributed by atoms with Crippen molar-refractivity contribution < 1.29 is 13.5 Å². The Balaban J connectivity index is 2.07. The molecule has 142 valence electrons. The average Bonchev–Trinajstić information content (AvgIpc) is 3.16. The zero-order chi connectivity index (χ0) is 19.6. The molecule has 11 heteroatoms. The predicted octanol–water partition coefficient (Wildman–Crippen LogP) is 0.274. The highest BCUT2D eigenvalue weighted by Gasteiger charge is 2.19. The quantitative estimate of drug-likeness (QED) is 0.544. The van der Waals surface area contributed by atoms with E-state index in [1.54, 1.807) is 13.0 Å². The molecule has 0 saturated heterocycles. The lowest BCUT2D eigenvalue weighted by molar-refractivity contribution is 0.265. The van der Waals surface area contributed by atoms with Gasteiger partial charge in [-0.3, -0.25) is 0 Å². The van der Waals surface area contributed by atoms with Crippen LogP contribution < -0.4 is 10.5 Å². The van der Waals surface area contributed by atoms with Crippen LogP contribution in [0.25, 0.3) is 17.1 Å². The fraction of sp³-hybridized carbons (Fsp3) is 0.250. The summed E-state index contributed by atoms with van der Waals surface area (Å²) in [7, 11) is -3.79. The minimum absolute atomic E-state index is 0.0596. The number of aliphatic hydroxyl groups excluding tert-OH is 1. The average molecular weight is 389 g/mol. The summed E-state index contributed by atoms with van der Waals surface area (Å²) in [5, 5.41) is 13.1. The third-order valence-electron chi connectivity index (χ3n) is 3.84. The Labute approximate surface area is 156 Å². The van der Waals surface area contributed by atoms with Crippen molar-refractivity contribution in [2.24, 2.45) is 0 Å². The van der Waals surface area contributed by atoms with Gasteiger partial charge in [-0.25, -0.2) is 28.1 Å². The summed E-state index contributed by atoms with van der Waals surface area (Å²) >= 11 is 0. The molecule has 27 heavy (non-hydrogen) atoms. The van der Waals surface area contributed by atoms with E-state index >= 15 is 0 Å². The number of hydrogen-bond donors (Lipinski definition) is 3. The number of anilines is 1. The summed E-state index contributed by atoms with van der Waals surface area (Å²) in [6, 6.07) is 4.08. The largest absolute Gasteiger partial charge is 0.395 e. The molecule has 0 aliphatic heterocycles. The summed E-state index contributed by atoms with van der Waals surface area (Å²) in [4.78, 5) is 12.5. The molecule has 1 aromatic carbocycles. The molecular formula is C16H19N7O3S. The molecule has 0 fully saturated rings. The number of benzene rings is 1. The van der Waals surface area contributed by atoms with Crippen molar-refractivity contribution in [2.75, 3.05) is 12.3 Å². The van der Waals surface area contributed by atoms with E-state index < -0.39 is 16.1 Å². The third kappa shape index (κ3) is 3.94. The van der Waals surface area contributed by atoms with E-state index in [1.165, 1.54) is 35.7 Å². The SMILES string of the molecule is Cc1ccc(S(=O)(=O)N[C@@H](C)CO)cc1-c1cnc(N)c(-n2cncn2)n1. The molecule has 0 spiro atoms. The first-order chi connectivity index (χ1) is 12.8. The molecule has 0 radical (unpaired) electrons. The van der Waals surface area contributed by atoms with E-state index in [1.807, 2.05) is 6.92 Å². The van der Waals surface area contributed by atoms with Gasteiger partial charge in [0.25, 0.3) is 0 Å². The summed E-state index contributed by atoms with van der Waals surface area (Å²) < 4.78 is 28.8. The number of aryl methyl sites for hydroxylation is 1. The van der Waals surface area contributed by atoms with Gasteiger partial charge in [-0.15, -0.1) is 0 Å². The van der Waals surface area contributed by atoms with Crippen LogP contribution in [-0.2, 0) is 10.0 Å². The molecule has 0 bridgehead atoms. The van der Waals surface area contributed by atoms with Gasteiger partial charge in [-0.05, 0) is 31.5 Å². The zero-order valence-electron chi connectivity index (χ0n) is 14.7. The number of nitrogens with one attached hydrogen (secondary N) is 1. The van der Waals surface area contributed by atoms with E-state index in [-0.39, 0.29) is 17.3 Å². The second-order valence-electron chi connectivity index (χ2n) is 5.99. The molecule has 0 unspecified atom stereocenters. The molecular weight excluding hydrogens is 370 g/mol. The van der Waals surface area contributed by atoms with Gasteiger partial charge in [0.05, 0.1) is 23.4 Å². The summed E-state index contributed by atoms with van der Waals surface area (Å²) in [5.74, 6) is 0.466. The Morgan fingerprint density at radius 2 is 2.15 bits per heavy atom. The molecule has 0 aliphatic rings. The van der Waals surface area contributed by atoms with E-state index in [0.29, 0.717) is 17.1 Å². The van der Waals surface area contributed by atoms with Crippen LogP contribution in [0.5, 0.6) is 0 Å². The molecule has 0 aliphatic carbocycles. The fourth-order valence-corrected chi connectivity index (χ4v) is 3.68. The molecule has 4 N–H and O–H groups in total. The van der Waals surface area contributed by atoms with Crippen molar-refractivity contribution in [2.45, 2.75) is 24.8 Å². The minimum Gasteiger partial charge on any atom is -0.395 e. The summed E-state index contributed by atoms with van der Waals surface area (Å²) in [6.45, 7) is 3.10. The van der Waals surface area contributed by atoms with Gasteiger partial charge in [0.2, 0.25) is 10.0 Å². The van der Waals surface area contributed by atoms with E-state index in [9.17, 15) is 8.42 Å². The molecule has 2 aromatic heterocycles. The lowest BCUT2D eigenvalue weighted by Crippen LogP contribution is -2.35. The van der Waals surface area contributed by atoms with Crippen LogP contribution in [0.4, 0.5) is 5.82 Å². The normalized spacial score (nSPS) is 12.9. The van der Waals surface area contributed by atoms with Gasteiger partial charge in [0, 0.05) is 11.6 Å². The van der Waals surface area contributed by atoms with Crippen LogP contribution in [0.1, 0.15) is 12.5 Å². The Bertz CT molecular complexity index is 1050. The first kappa shape index (κ1) is 18.9. The topological polar surface area (TPSA) is 149 Å². The van der Waals surface area contributed by atoms with Gasteiger partial charge in [0.15, 0.2) is 11.6 Å². The van der Waals surface area contributed by atoms with Gasteiger partial charge >= 0.3 is 0 Å². The van der Waals surface area contributed by atoms with Gasteiger partial charge < -0.3 is 10.8 Å². The van der Waals surface area contributed by atoms with Crippen molar-refractivity contribution in [3.05, 3.63) is 42.6 Å². The van der Waals surface area contributed by atoms with Crippen LogP contribution in [0.2, 0.25) is 0 Å². The maximum Gasteiger partial charge on any atom is 0.240 e. The number of nitrogen functional groups attached to an aromatic ring is 1. The lowest BCUT2D eigenvalue weighted by Gasteiger charge is -2.14. The highest BCUT2D eigenvalue weighted by atomic mass is 32.2. The molecule has 2 heterocycles. The number of nitrogens with two attached hydrogens (primary N) is 1. The van der Waals surface area contributed by atoms with Crippen LogP contribution in [0, 0.1) is 6.92 Å². The first-order valence-corrected chi connectivity index (χ1v) is 9.52. The summed E-state index contributed by atoms with van der Waals surface area (Å²) in [6.07, 6.45) is 4.26. The number of sulfonamides is 1. The standard InChI is InChI=1S/C16H19N7O3S/c1-10-3-4-12(27(25,26)22-11(2)7-24)5-13(10)14-6-19-15(17)16(21-14)23-9-18-8-20-23/h3-6,8-9,11,22,24H,7H2,1-2H3,(H2,17,19)/t11-/m0/s1. The molecule has 3 rings (SSSR count). The van der Waals surface area contributed by atoms with Gasteiger partial charge in [-0.1, -0.05) is 6.07 Å². The molecule has 1 atom stereocenters. The fourth-order valence-electron chi connectivity index (χ4n) is 2.42. The first-order valence-electron chi connectivity index (χ1n) is 8.03. The Morgan fingerprint density at radius 3 is 2.81 bits per heavy atom.